The Morgan fingerprint density at radius 3 is 1.99 bits per heavy atom. The Morgan fingerprint density at radius 1 is 0.744 bits per heavy atom. The third kappa shape index (κ3) is 25.8. The summed E-state index contributed by atoms with van der Waals surface area (Å²) in [4.78, 5) is 128. The SMILES string of the molecule is C[C@H](NC(=O)C[C@@H](O)CN)C(=O)NCC(=O)/N=C(\CCCN)C(=O)N1CCC[C@H]1C(=O)N[C@@H](Cc1ccc(O)cc1)C(=O)N[C@@H](CCCCN)C(=O)N/C(=C\CCNC(=N)N)C(=O)N[C@@H](CCCCN)C(=O)NCCCCN. The van der Waals surface area contributed by atoms with Gasteiger partial charge in [-0.3, -0.25) is 48.6 Å². The number of aliphatic imine (C=N–C) groups is 1. The van der Waals surface area contributed by atoms with Crippen LogP contribution in [0.15, 0.2) is 41.0 Å². The zero-order chi connectivity index (χ0) is 58.0. The van der Waals surface area contributed by atoms with Crippen LogP contribution in [0.25, 0.3) is 0 Å². The number of phenols is 1. The number of aliphatic hydroxyl groups is 1. The molecule has 1 aromatic rings. The van der Waals surface area contributed by atoms with Gasteiger partial charge < -0.3 is 92.0 Å². The maximum absolute atomic E-state index is 14.5. The van der Waals surface area contributed by atoms with Crippen LogP contribution in [0.2, 0.25) is 0 Å². The molecule has 0 unspecified atom stereocenters. The zero-order valence-corrected chi connectivity index (χ0v) is 44.7. The van der Waals surface area contributed by atoms with Crippen molar-refractivity contribution in [2.24, 2.45) is 39.4 Å². The molecule has 0 aromatic heterocycles. The Balaban J connectivity index is 2.45. The minimum atomic E-state index is -1.40. The van der Waals surface area contributed by atoms with Crippen molar-refractivity contribution in [1.82, 2.24) is 47.4 Å². The minimum absolute atomic E-state index is 0.0242. The third-order valence-corrected chi connectivity index (χ3v) is 12.2. The van der Waals surface area contributed by atoms with Crippen molar-refractivity contribution >= 4 is 64.8 Å². The van der Waals surface area contributed by atoms with Gasteiger partial charge in [-0.05, 0) is 134 Å². The van der Waals surface area contributed by atoms with Crippen molar-refractivity contribution in [2.45, 2.75) is 140 Å². The van der Waals surface area contributed by atoms with Crippen LogP contribution in [0, 0.1) is 5.41 Å². The second-order valence-corrected chi connectivity index (χ2v) is 18.7. The van der Waals surface area contributed by atoms with Crippen molar-refractivity contribution in [3.63, 3.8) is 0 Å². The summed E-state index contributed by atoms with van der Waals surface area (Å²) in [5.41, 5.74) is 33.6. The van der Waals surface area contributed by atoms with Crippen LogP contribution < -0.4 is 76.9 Å². The summed E-state index contributed by atoms with van der Waals surface area (Å²) in [6.07, 6.45) is 3.92. The lowest BCUT2D eigenvalue weighted by Gasteiger charge is -2.28. The zero-order valence-electron chi connectivity index (χ0n) is 44.7. The molecule has 2 rings (SSSR count). The van der Waals surface area contributed by atoms with Crippen LogP contribution in [0.4, 0.5) is 0 Å². The van der Waals surface area contributed by atoms with Crippen LogP contribution in [0.3, 0.4) is 0 Å². The highest BCUT2D eigenvalue weighted by Gasteiger charge is 2.38. The molecule has 0 radical (unpaired) electrons. The van der Waals surface area contributed by atoms with Gasteiger partial charge in [-0.15, -0.1) is 0 Å². The Kier molecular flexibility index (Phi) is 32.3. The van der Waals surface area contributed by atoms with Gasteiger partial charge in [-0.25, -0.2) is 4.99 Å². The monoisotopic (exact) mass is 1100 g/mol. The third-order valence-electron chi connectivity index (χ3n) is 12.2. The van der Waals surface area contributed by atoms with Crippen molar-refractivity contribution in [2.75, 3.05) is 58.9 Å². The molecule has 23 N–H and O–H groups in total. The summed E-state index contributed by atoms with van der Waals surface area (Å²) in [6.45, 7) is 2.18. The number of benzene rings is 1. The van der Waals surface area contributed by atoms with E-state index < -0.39 is 96.0 Å². The molecule has 28 heteroatoms. The summed E-state index contributed by atoms with van der Waals surface area (Å²) in [5.74, 6) is -7.13. The predicted molar refractivity (Wildman–Crippen MR) is 291 cm³/mol. The van der Waals surface area contributed by atoms with E-state index in [2.05, 4.69) is 47.5 Å². The first-order valence-corrected chi connectivity index (χ1v) is 26.5. The second kappa shape index (κ2) is 37.6. The number of hydrogen-bond acceptors (Lipinski definition) is 17. The first-order chi connectivity index (χ1) is 37.3. The second-order valence-electron chi connectivity index (χ2n) is 18.7. The van der Waals surface area contributed by atoms with Crippen molar-refractivity contribution in [3.8, 4) is 5.75 Å². The average molecular weight is 1100 g/mol. The molecule has 1 aliphatic rings. The van der Waals surface area contributed by atoms with Crippen molar-refractivity contribution in [3.05, 3.63) is 41.6 Å². The molecule has 9 amide bonds. The average Bonchev–Trinajstić information content (AvgIpc) is 3.91. The number of aromatic hydroxyl groups is 1. The molecule has 0 bridgehead atoms. The van der Waals surface area contributed by atoms with E-state index in [1.807, 2.05) is 0 Å². The lowest BCUT2D eigenvalue weighted by molar-refractivity contribution is -0.136. The molecule has 1 aromatic carbocycles. The van der Waals surface area contributed by atoms with Gasteiger partial charge in [0.25, 0.3) is 17.7 Å². The maximum atomic E-state index is 14.5. The number of nitrogens with two attached hydrogens (primary N) is 6. The maximum Gasteiger partial charge on any atom is 0.269 e. The first kappa shape index (κ1) is 67.0. The van der Waals surface area contributed by atoms with Gasteiger partial charge >= 0.3 is 0 Å². The van der Waals surface area contributed by atoms with Crippen LogP contribution >= 0.6 is 0 Å². The summed E-state index contributed by atoms with van der Waals surface area (Å²) in [5, 5.41) is 48.1. The fourth-order valence-corrected chi connectivity index (χ4v) is 7.92. The number of rotatable bonds is 37. The lowest BCUT2D eigenvalue weighted by atomic mass is 10.0. The standard InChI is InChI=1S/C50H85N17O11/c1-31(61-41(70)28-34(69)29-55)43(72)60-30-42(71)62-38(13-8-23-54)49(78)67-26-10-15-40(67)48(77)66-39(27-32-16-18-33(68)19-17-32)47(76)65-36(12-3-5-21-52)45(74)64-37(14-9-25-59-50(56)57)46(75)63-35(11-2-4-20-51)44(73)58-24-7-6-22-53/h14,16-19,31,34-36,39-40,68-69H,2-13,15,20-30,51-55H2,1H3,(H,58,73)(H,60,72)(H,61,70)(H,63,75)(H,64,74)(H,65,76)(H,66,77)(H4,56,57,59)/b37-14-,62-38+/t31-,34+,35-,36-,39-,40-/m0/s1. The highest BCUT2D eigenvalue weighted by atomic mass is 16.3. The number of carbonyl (C=O) groups excluding carboxylic acids is 9. The van der Waals surface area contributed by atoms with E-state index >= 15 is 0 Å². The number of carbonyl (C=O) groups is 9. The van der Waals surface area contributed by atoms with Gasteiger partial charge in [0.1, 0.15) is 47.4 Å². The number of aliphatic hydroxyl groups excluding tert-OH is 1. The highest BCUT2D eigenvalue weighted by Crippen LogP contribution is 2.20. The molecule has 78 heavy (non-hydrogen) atoms. The summed E-state index contributed by atoms with van der Waals surface area (Å²) < 4.78 is 0. The molecular formula is C50H85N17O11. The van der Waals surface area contributed by atoms with Gasteiger partial charge in [0, 0.05) is 32.6 Å². The molecule has 436 valence electrons. The number of guanidine groups is 1. The van der Waals surface area contributed by atoms with Crippen LogP contribution in [-0.2, 0) is 49.6 Å². The minimum Gasteiger partial charge on any atom is -0.508 e. The van der Waals surface area contributed by atoms with E-state index in [4.69, 9.17) is 39.8 Å². The fraction of sp³-hybridized carbons (Fsp3) is 0.620. The fourth-order valence-electron chi connectivity index (χ4n) is 7.92. The molecule has 6 atom stereocenters. The number of unbranched alkanes of at least 4 members (excludes halogenated alkanes) is 3. The smallest absolute Gasteiger partial charge is 0.269 e. The summed E-state index contributed by atoms with van der Waals surface area (Å²) in [7, 11) is 0. The molecule has 1 fully saturated rings. The van der Waals surface area contributed by atoms with Crippen LogP contribution in [-0.4, -0.2) is 175 Å². The van der Waals surface area contributed by atoms with E-state index in [1.54, 1.807) is 0 Å². The van der Waals surface area contributed by atoms with Crippen LogP contribution in [0.5, 0.6) is 5.75 Å². The van der Waals surface area contributed by atoms with Gasteiger partial charge in [-0.2, -0.15) is 0 Å². The van der Waals surface area contributed by atoms with Crippen molar-refractivity contribution < 1.29 is 53.4 Å². The van der Waals surface area contributed by atoms with Crippen molar-refractivity contribution in [1.29, 1.82) is 5.41 Å². The van der Waals surface area contributed by atoms with Gasteiger partial charge in [0.15, 0.2) is 5.96 Å². The highest BCUT2D eigenvalue weighted by molar-refractivity contribution is 6.40. The van der Waals surface area contributed by atoms with Crippen LogP contribution in [0.1, 0.15) is 102 Å². The molecule has 0 aliphatic carbocycles. The Labute approximate surface area is 455 Å². The first-order valence-electron chi connectivity index (χ1n) is 26.5. The molecule has 1 saturated heterocycles. The largest absolute Gasteiger partial charge is 0.508 e. The molecule has 1 aliphatic heterocycles. The number of hydrogen-bond donors (Lipinski definition) is 17. The van der Waals surface area contributed by atoms with E-state index in [0.29, 0.717) is 70.1 Å². The number of nitrogens with one attached hydrogen (secondary N) is 9. The number of likely N-dealkylation sites (tertiary alicyclic amines) is 1. The summed E-state index contributed by atoms with van der Waals surface area (Å²) >= 11 is 0. The van der Waals surface area contributed by atoms with E-state index in [-0.39, 0.29) is 107 Å². The van der Waals surface area contributed by atoms with E-state index in [9.17, 15) is 53.4 Å². The predicted octanol–water partition coefficient (Wildman–Crippen LogP) is -4.60. The number of nitrogens with zero attached hydrogens (tertiary/aromatic N) is 2. The quantitative estimate of drug-likeness (QED) is 0.0129. The summed E-state index contributed by atoms with van der Waals surface area (Å²) in [6, 6.07) is -0.164. The number of amides is 9. The Morgan fingerprint density at radius 2 is 1.37 bits per heavy atom. The molecule has 0 saturated carbocycles. The van der Waals surface area contributed by atoms with Gasteiger partial charge in [-0.1, -0.05) is 18.2 Å². The Hall–Kier alpha value is -7.11. The normalized spacial score (nSPS) is 15.4. The molecule has 28 nitrogen and oxygen atoms in total. The number of phenolic OH excluding ortho intramolecular Hbond substituents is 1. The molecule has 1 heterocycles. The van der Waals surface area contributed by atoms with Gasteiger partial charge in [0.2, 0.25) is 35.4 Å². The topological polar surface area (TPSA) is 486 Å². The van der Waals surface area contributed by atoms with Gasteiger partial charge in [0.05, 0.1) is 19.1 Å². The Bertz CT molecular complexity index is 2200. The molecular weight excluding hydrogens is 1010 g/mol. The molecule has 0 spiro atoms. The van der Waals surface area contributed by atoms with E-state index in [0.717, 1.165) is 0 Å². The lowest BCUT2D eigenvalue weighted by Crippen LogP contribution is -2.57. The van der Waals surface area contributed by atoms with E-state index in [1.165, 1.54) is 42.2 Å².